The molecule has 1 saturated heterocycles. The molecule has 1 fully saturated rings. The van der Waals surface area contributed by atoms with Gasteiger partial charge in [0.15, 0.2) is 11.6 Å². The van der Waals surface area contributed by atoms with Crippen molar-refractivity contribution in [2.45, 2.75) is 31.6 Å². The van der Waals surface area contributed by atoms with Crippen molar-refractivity contribution in [1.82, 2.24) is 0 Å². The van der Waals surface area contributed by atoms with E-state index in [4.69, 9.17) is 4.74 Å². The number of hydrogen-bond donors (Lipinski definition) is 1. The maximum absolute atomic E-state index is 14.0. The number of carbonyl (C=O) groups excluding carboxylic acids is 1. The normalized spacial score (nSPS) is 14.5. The summed E-state index contributed by atoms with van der Waals surface area (Å²) in [4.78, 5) is 13.4. The van der Waals surface area contributed by atoms with Crippen LogP contribution in [0, 0.1) is 12.7 Å². The van der Waals surface area contributed by atoms with Crippen LogP contribution in [0.5, 0.6) is 5.75 Å². The highest BCUT2D eigenvalue weighted by Gasteiger charge is 2.23. The average Bonchev–Trinajstić information content (AvgIpc) is 3.02. The fourth-order valence-corrected chi connectivity index (χ4v) is 4.12. The van der Waals surface area contributed by atoms with Crippen molar-refractivity contribution < 1.29 is 22.3 Å². The van der Waals surface area contributed by atoms with Gasteiger partial charge in [-0.05, 0) is 62.2 Å². The lowest BCUT2D eigenvalue weighted by molar-refractivity contribution is -0.117. The summed E-state index contributed by atoms with van der Waals surface area (Å²) in [5.41, 5.74) is 1.90. The van der Waals surface area contributed by atoms with Gasteiger partial charge in [0.25, 0.3) is 10.0 Å². The standard InChI is InChI=1S/C19H21FN2O4S/c1-3-26-18-9-7-15(12-16(18)20)27(24,25)21-14-6-8-17(13(2)11-14)22-10-4-5-19(22)23/h6-9,11-12,21H,3-5,10H2,1-2H3. The number of nitrogens with zero attached hydrogens (tertiary/aromatic N) is 1. The molecule has 0 aliphatic carbocycles. The Kier molecular flexibility index (Phi) is 5.36. The fourth-order valence-electron chi connectivity index (χ4n) is 3.06. The van der Waals surface area contributed by atoms with Crippen molar-refractivity contribution in [3.63, 3.8) is 0 Å². The van der Waals surface area contributed by atoms with E-state index in [1.807, 2.05) is 6.92 Å². The van der Waals surface area contributed by atoms with Crippen LogP contribution in [0.25, 0.3) is 0 Å². The van der Waals surface area contributed by atoms with Gasteiger partial charge in [0, 0.05) is 24.3 Å². The van der Waals surface area contributed by atoms with Gasteiger partial charge in [0.05, 0.1) is 11.5 Å². The first-order chi connectivity index (χ1) is 12.8. The van der Waals surface area contributed by atoms with Crippen molar-refractivity contribution >= 4 is 27.3 Å². The van der Waals surface area contributed by atoms with E-state index in [0.717, 1.165) is 23.7 Å². The Balaban J connectivity index is 1.82. The van der Waals surface area contributed by atoms with Crippen LogP contribution in [0.2, 0.25) is 0 Å². The minimum Gasteiger partial charge on any atom is -0.491 e. The summed E-state index contributed by atoms with van der Waals surface area (Å²) < 4.78 is 46.6. The second-order valence-electron chi connectivity index (χ2n) is 6.28. The summed E-state index contributed by atoms with van der Waals surface area (Å²) in [5, 5.41) is 0. The number of benzene rings is 2. The summed E-state index contributed by atoms with van der Waals surface area (Å²) in [7, 11) is -3.95. The predicted molar refractivity (Wildman–Crippen MR) is 101 cm³/mol. The van der Waals surface area contributed by atoms with Gasteiger partial charge in [-0.2, -0.15) is 0 Å². The number of nitrogens with one attached hydrogen (secondary N) is 1. The Hall–Kier alpha value is -2.61. The predicted octanol–water partition coefficient (Wildman–Crippen LogP) is 3.46. The second kappa shape index (κ2) is 7.56. The zero-order valence-electron chi connectivity index (χ0n) is 15.2. The van der Waals surface area contributed by atoms with Crippen LogP contribution in [0.1, 0.15) is 25.3 Å². The van der Waals surface area contributed by atoms with Crippen LogP contribution < -0.4 is 14.4 Å². The number of carbonyl (C=O) groups is 1. The molecule has 1 aliphatic rings. The van der Waals surface area contributed by atoms with E-state index in [1.54, 1.807) is 30.0 Å². The summed E-state index contributed by atoms with van der Waals surface area (Å²) in [6.45, 7) is 4.48. The number of amides is 1. The molecule has 8 heteroatoms. The maximum atomic E-state index is 14.0. The third kappa shape index (κ3) is 4.05. The highest BCUT2D eigenvalue weighted by molar-refractivity contribution is 7.92. The molecule has 2 aromatic rings. The Bertz CT molecular complexity index is 976. The van der Waals surface area contributed by atoms with E-state index in [1.165, 1.54) is 12.1 Å². The molecule has 27 heavy (non-hydrogen) atoms. The van der Waals surface area contributed by atoms with E-state index < -0.39 is 15.8 Å². The number of aryl methyl sites for hydroxylation is 1. The number of rotatable bonds is 6. The minimum absolute atomic E-state index is 0.00641. The molecule has 0 unspecified atom stereocenters. The topological polar surface area (TPSA) is 75.7 Å². The van der Waals surface area contributed by atoms with Gasteiger partial charge in [-0.1, -0.05) is 0 Å². The molecule has 0 radical (unpaired) electrons. The molecule has 0 aromatic heterocycles. The first-order valence-corrected chi connectivity index (χ1v) is 10.2. The lowest BCUT2D eigenvalue weighted by Crippen LogP contribution is -2.24. The van der Waals surface area contributed by atoms with Crippen molar-refractivity contribution in [2.24, 2.45) is 0 Å². The van der Waals surface area contributed by atoms with E-state index in [2.05, 4.69) is 4.72 Å². The van der Waals surface area contributed by atoms with E-state index >= 15 is 0 Å². The molecule has 6 nitrogen and oxygen atoms in total. The van der Waals surface area contributed by atoms with Crippen molar-refractivity contribution in [1.29, 1.82) is 0 Å². The Morgan fingerprint density at radius 3 is 2.59 bits per heavy atom. The molecule has 3 rings (SSSR count). The summed E-state index contributed by atoms with van der Waals surface area (Å²) >= 11 is 0. The first kappa shape index (κ1) is 19.2. The quantitative estimate of drug-likeness (QED) is 0.817. The maximum Gasteiger partial charge on any atom is 0.262 e. The molecule has 1 amide bonds. The Morgan fingerprint density at radius 1 is 1.22 bits per heavy atom. The van der Waals surface area contributed by atoms with Gasteiger partial charge in [-0.3, -0.25) is 9.52 Å². The van der Waals surface area contributed by atoms with E-state index in [9.17, 15) is 17.6 Å². The first-order valence-electron chi connectivity index (χ1n) is 8.68. The summed E-state index contributed by atoms with van der Waals surface area (Å²) in [6, 6.07) is 8.48. The van der Waals surface area contributed by atoms with Crippen molar-refractivity contribution in [3.05, 3.63) is 47.8 Å². The fraction of sp³-hybridized carbons (Fsp3) is 0.316. The molecule has 0 spiro atoms. The zero-order chi connectivity index (χ0) is 19.6. The van der Waals surface area contributed by atoms with Gasteiger partial charge in [0.2, 0.25) is 5.91 Å². The molecule has 1 aliphatic heterocycles. The Labute approximate surface area is 158 Å². The van der Waals surface area contributed by atoms with Crippen LogP contribution >= 0.6 is 0 Å². The molecule has 1 heterocycles. The Morgan fingerprint density at radius 2 is 2.00 bits per heavy atom. The van der Waals surface area contributed by atoms with Gasteiger partial charge in [0.1, 0.15) is 0 Å². The van der Waals surface area contributed by atoms with Crippen LogP contribution in [0.4, 0.5) is 15.8 Å². The molecule has 0 bridgehead atoms. The van der Waals surface area contributed by atoms with Gasteiger partial charge >= 0.3 is 0 Å². The van der Waals surface area contributed by atoms with Crippen LogP contribution in [0.3, 0.4) is 0 Å². The molecule has 0 saturated carbocycles. The second-order valence-corrected chi connectivity index (χ2v) is 7.96. The van der Waals surface area contributed by atoms with Crippen molar-refractivity contribution in [2.75, 3.05) is 22.8 Å². The van der Waals surface area contributed by atoms with Gasteiger partial charge in [-0.15, -0.1) is 0 Å². The molecular weight excluding hydrogens is 371 g/mol. The number of sulfonamides is 1. The van der Waals surface area contributed by atoms with Crippen LogP contribution in [-0.2, 0) is 14.8 Å². The number of halogens is 1. The molecule has 2 aromatic carbocycles. The monoisotopic (exact) mass is 392 g/mol. The highest BCUT2D eigenvalue weighted by atomic mass is 32.2. The molecular formula is C19H21FN2O4S. The van der Waals surface area contributed by atoms with Crippen LogP contribution in [0.15, 0.2) is 41.3 Å². The smallest absolute Gasteiger partial charge is 0.262 e. The number of ether oxygens (including phenoxy) is 1. The third-order valence-corrected chi connectivity index (χ3v) is 5.71. The summed E-state index contributed by atoms with van der Waals surface area (Å²) in [5.74, 6) is -0.665. The molecule has 144 valence electrons. The number of hydrogen-bond acceptors (Lipinski definition) is 4. The van der Waals surface area contributed by atoms with Gasteiger partial charge < -0.3 is 9.64 Å². The van der Waals surface area contributed by atoms with Crippen molar-refractivity contribution in [3.8, 4) is 5.75 Å². The third-order valence-electron chi connectivity index (χ3n) is 4.33. The minimum atomic E-state index is -3.95. The number of anilines is 2. The van der Waals surface area contributed by atoms with Crippen LogP contribution in [-0.4, -0.2) is 27.5 Å². The van der Waals surface area contributed by atoms with E-state index in [-0.39, 0.29) is 23.2 Å². The lowest BCUT2D eigenvalue weighted by atomic mass is 10.1. The highest BCUT2D eigenvalue weighted by Crippen LogP contribution is 2.29. The lowest BCUT2D eigenvalue weighted by Gasteiger charge is -2.19. The largest absolute Gasteiger partial charge is 0.491 e. The molecule has 0 atom stereocenters. The average molecular weight is 392 g/mol. The zero-order valence-corrected chi connectivity index (χ0v) is 16.0. The SMILES string of the molecule is CCOc1ccc(S(=O)(=O)Nc2ccc(N3CCCC3=O)c(C)c2)cc1F. The summed E-state index contributed by atoms with van der Waals surface area (Å²) in [6.07, 6.45) is 1.34. The van der Waals surface area contributed by atoms with E-state index in [0.29, 0.717) is 18.7 Å². The van der Waals surface area contributed by atoms with Gasteiger partial charge in [-0.25, -0.2) is 12.8 Å². The molecule has 1 N–H and O–H groups in total.